The summed E-state index contributed by atoms with van der Waals surface area (Å²) >= 11 is 1.76. The molecule has 0 aliphatic heterocycles. The molecule has 1 heterocycles. The first-order chi connectivity index (χ1) is 6.68. The van der Waals surface area contributed by atoms with E-state index in [0.717, 1.165) is 0 Å². The number of hydrogen-bond donors (Lipinski definition) is 0. The lowest BCUT2D eigenvalue weighted by Gasteiger charge is -2.09. The Labute approximate surface area is 89.2 Å². The highest BCUT2D eigenvalue weighted by Gasteiger charge is 2.06. The molecule has 72 valence electrons. The Morgan fingerprint density at radius 2 is 1.64 bits per heavy atom. The van der Waals surface area contributed by atoms with Crippen molar-refractivity contribution in [3.05, 3.63) is 45.6 Å². The molecule has 0 bridgehead atoms. The number of rotatable bonds is 1. The summed E-state index contributed by atoms with van der Waals surface area (Å²) in [5, 5.41) is 4.35. The molecular formula is C13H14S. The lowest BCUT2D eigenvalue weighted by molar-refractivity contribution is 1.32. The van der Waals surface area contributed by atoms with Gasteiger partial charge in [0.1, 0.15) is 0 Å². The monoisotopic (exact) mass is 202 g/mol. The molecular weight excluding hydrogens is 188 g/mol. The molecule has 0 nitrogen and oxygen atoms in total. The molecule has 0 N–H and O–H groups in total. The van der Waals surface area contributed by atoms with Crippen molar-refractivity contribution >= 4 is 11.3 Å². The van der Waals surface area contributed by atoms with E-state index >= 15 is 0 Å². The van der Waals surface area contributed by atoms with E-state index in [1.807, 2.05) is 0 Å². The van der Waals surface area contributed by atoms with Crippen molar-refractivity contribution in [3.63, 3.8) is 0 Å². The second-order valence-electron chi connectivity index (χ2n) is 3.79. The molecule has 0 saturated carbocycles. The van der Waals surface area contributed by atoms with Gasteiger partial charge in [-0.05, 0) is 59.9 Å². The zero-order valence-electron chi connectivity index (χ0n) is 8.79. The van der Waals surface area contributed by atoms with E-state index in [0.29, 0.717) is 0 Å². The van der Waals surface area contributed by atoms with E-state index in [1.165, 1.54) is 27.8 Å². The fraction of sp³-hybridized carbons (Fsp3) is 0.231. The van der Waals surface area contributed by atoms with Gasteiger partial charge in [0.2, 0.25) is 0 Å². The number of hydrogen-bond acceptors (Lipinski definition) is 1. The third-order valence-corrected chi connectivity index (χ3v) is 3.17. The number of thiophene rings is 1. The molecule has 2 aromatic rings. The molecule has 0 atom stereocenters. The van der Waals surface area contributed by atoms with Crippen molar-refractivity contribution in [2.24, 2.45) is 0 Å². The molecule has 0 aliphatic carbocycles. The van der Waals surface area contributed by atoms with Crippen LogP contribution in [0.15, 0.2) is 29.0 Å². The summed E-state index contributed by atoms with van der Waals surface area (Å²) in [5.41, 5.74) is 6.85. The summed E-state index contributed by atoms with van der Waals surface area (Å²) in [5.74, 6) is 0. The Kier molecular flexibility index (Phi) is 2.42. The van der Waals surface area contributed by atoms with Gasteiger partial charge >= 0.3 is 0 Å². The van der Waals surface area contributed by atoms with Gasteiger partial charge in [0.25, 0.3) is 0 Å². The minimum Gasteiger partial charge on any atom is -0.152 e. The van der Waals surface area contributed by atoms with Crippen molar-refractivity contribution in [3.8, 4) is 11.1 Å². The third kappa shape index (κ3) is 1.60. The SMILES string of the molecule is Cc1cc(C)c(-c2ccsc2)c(C)c1. The smallest absolute Gasteiger partial charge is 0.00145 e. The molecule has 14 heavy (non-hydrogen) atoms. The lowest BCUT2D eigenvalue weighted by atomic mass is 9.96. The Bertz CT molecular complexity index is 415. The molecule has 0 aliphatic rings. The van der Waals surface area contributed by atoms with E-state index < -0.39 is 0 Å². The summed E-state index contributed by atoms with van der Waals surface area (Å²) < 4.78 is 0. The predicted octanol–water partition coefficient (Wildman–Crippen LogP) is 4.34. The van der Waals surface area contributed by atoms with Crippen molar-refractivity contribution in [1.29, 1.82) is 0 Å². The van der Waals surface area contributed by atoms with Gasteiger partial charge in [-0.25, -0.2) is 0 Å². The van der Waals surface area contributed by atoms with Crippen LogP contribution in [-0.2, 0) is 0 Å². The minimum absolute atomic E-state index is 1.35. The summed E-state index contributed by atoms with van der Waals surface area (Å²) in [4.78, 5) is 0. The maximum Gasteiger partial charge on any atom is -0.00145 e. The predicted molar refractivity (Wildman–Crippen MR) is 64.0 cm³/mol. The van der Waals surface area contributed by atoms with Gasteiger partial charge in [0.15, 0.2) is 0 Å². The van der Waals surface area contributed by atoms with E-state index in [1.54, 1.807) is 11.3 Å². The third-order valence-electron chi connectivity index (χ3n) is 2.49. The first-order valence-corrected chi connectivity index (χ1v) is 5.73. The molecule has 0 saturated heterocycles. The summed E-state index contributed by atoms with van der Waals surface area (Å²) in [7, 11) is 0. The average molecular weight is 202 g/mol. The number of benzene rings is 1. The van der Waals surface area contributed by atoms with Gasteiger partial charge in [-0.15, -0.1) is 0 Å². The van der Waals surface area contributed by atoms with Crippen molar-refractivity contribution < 1.29 is 0 Å². The van der Waals surface area contributed by atoms with Crippen LogP contribution in [-0.4, -0.2) is 0 Å². The zero-order chi connectivity index (χ0) is 10.1. The zero-order valence-corrected chi connectivity index (χ0v) is 9.61. The highest BCUT2D eigenvalue weighted by Crippen LogP contribution is 2.29. The van der Waals surface area contributed by atoms with E-state index in [4.69, 9.17) is 0 Å². The van der Waals surface area contributed by atoms with Crippen molar-refractivity contribution in [2.45, 2.75) is 20.8 Å². The second kappa shape index (κ2) is 3.58. The molecule has 0 spiro atoms. The number of aryl methyl sites for hydroxylation is 3. The van der Waals surface area contributed by atoms with Crippen LogP contribution in [0.3, 0.4) is 0 Å². The molecule has 1 aromatic heterocycles. The van der Waals surface area contributed by atoms with E-state index in [2.05, 4.69) is 49.7 Å². The fourth-order valence-corrected chi connectivity index (χ4v) is 2.69. The topological polar surface area (TPSA) is 0 Å². The van der Waals surface area contributed by atoms with Crippen LogP contribution < -0.4 is 0 Å². The van der Waals surface area contributed by atoms with Crippen LogP contribution >= 0.6 is 11.3 Å². The van der Waals surface area contributed by atoms with E-state index in [-0.39, 0.29) is 0 Å². The summed E-state index contributed by atoms with van der Waals surface area (Å²) in [6.07, 6.45) is 0. The van der Waals surface area contributed by atoms with E-state index in [9.17, 15) is 0 Å². The molecule has 1 heteroatoms. The van der Waals surface area contributed by atoms with Crippen LogP contribution in [0.4, 0.5) is 0 Å². The van der Waals surface area contributed by atoms with Crippen LogP contribution in [0.25, 0.3) is 11.1 Å². The minimum atomic E-state index is 1.35. The maximum atomic E-state index is 2.25. The molecule has 0 fully saturated rings. The van der Waals surface area contributed by atoms with Crippen molar-refractivity contribution in [2.75, 3.05) is 0 Å². The lowest BCUT2D eigenvalue weighted by Crippen LogP contribution is -1.88. The van der Waals surface area contributed by atoms with Crippen LogP contribution in [0.5, 0.6) is 0 Å². The molecule has 2 rings (SSSR count). The molecule has 0 radical (unpaired) electrons. The molecule has 1 aromatic carbocycles. The Balaban J connectivity index is 2.64. The van der Waals surface area contributed by atoms with Crippen LogP contribution in [0.2, 0.25) is 0 Å². The largest absolute Gasteiger partial charge is 0.152 e. The average Bonchev–Trinajstić information content (AvgIpc) is 2.54. The Hall–Kier alpha value is -1.08. The normalized spacial score (nSPS) is 10.5. The van der Waals surface area contributed by atoms with Gasteiger partial charge in [0, 0.05) is 0 Å². The summed E-state index contributed by atoms with van der Waals surface area (Å²) in [6, 6.07) is 6.69. The van der Waals surface area contributed by atoms with Gasteiger partial charge in [-0.3, -0.25) is 0 Å². The van der Waals surface area contributed by atoms with Crippen LogP contribution in [0.1, 0.15) is 16.7 Å². The van der Waals surface area contributed by atoms with Gasteiger partial charge in [0.05, 0.1) is 0 Å². The maximum absolute atomic E-state index is 2.25. The van der Waals surface area contributed by atoms with Gasteiger partial charge < -0.3 is 0 Å². The van der Waals surface area contributed by atoms with Crippen LogP contribution in [0, 0.1) is 20.8 Å². The highest BCUT2D eigenvalue weighted by atomic mass is 32.1. The molecule has 0 unspecified atom stereocenters. The van der Waals surface area contributed by atoms with Gasteiger partial charge in [-0.1, -0.05) is 17.7 Å². The second-order valence-corrected chi connectivity index (χ2v) is 4.57. The Morgan fingerprint density at radius 3 is 2.14 bits per heavy atom. The Morgan fingerprint density at radius 1 is 1.00 bits per heavy atom. The quantitative estimate of drug-likeness (QED) is 0.645. The first-order valence-electron chi connectivity index (χ1n) is 4.79. The molecule has 0 amide bonds. The fourth-order valence-electron chi connectivity index (χ4n) is 2.04. The van der Waals surface area contributed by atoms with Crippen molar-refractivity contribution in [1.82, 2.24) is 0 Å². The standard InChI is InChI=1S/C13H14S/c1-9-6-10(2)13(11(3)7-9)12-4-5-14-8-12/h4-8H,1-3H3. The highest BCUT2D eigenvalue weighted by molar-refractivity contribution is 7.08. The first kappa shape index (κ1) is 9.47. The van der Waals surface area contributed by atoms with Gasteiger partial charge in [-0.2, -0.15) is 11.3 Å². The summed E-state index contributed by atoms with van der Waals surface area (Å²) in [6.45, 7) is 6.53.